The smallest absolute Gasteiger partial charge is 0.222 e. The highest BCUT2D eigenvalue weighted by Crippen LogP contribution is 2.40. The van der Waals surface area contributed by atoms with Gasteiger partial charge in [-0.05, 0) is 29.2 Å². The molecule has 0 aliphatic heterocycles. The summed E-state index contributed by atoms with van der Waals surface area (Å²) in [5, 5.41) is 17.9. The summed E-state index contributed by atoms with van der Waals surface area (Å²) in [6, 6.07) is -0.0520. The minimum Gasteiger partial charge on any atom is -0.346 e. The van der Waals surface area contributed by atoms with Gasteiger partial charge in [-0.2, -0.15) is 5.10 Å². The van der Waals surface area contributed by atoms with Crippen LogP contribution >= 0.6 is 0 Å². The van der Waals surface area contributed by atoms with Gasteiger partial charge < -0.3 is 5.32 Å². The Balaban J connectivity index is 1.59. The third-order valence-corrected chi connectivity index (χ3v) is 3.39. The molecule has 9 nitrogen and oxygen atoms in total. The molecule has 0 radical (unpaired) electrons. The first-order valence-corrected chi connectivity index (χ1v) is 6.58. The number of amides is 1. The standard InChI is InChI=1S/C11H16N8O/c1-18-11(12-6-14-18)10(8-2-3-8)15-9(20)4-5-19-7-13-16-17-19/h6-8,10H,2-5H2,1H3,(H,15,20)/t10-/m0/s1. The zero-order valence-electron chi connectivity index (χ0n) is 11.2. The number of nitrogens with zero attached hydrogens (tertiary/aromatic N) is 7. The molecular formula is C11H16N8O. The number of tetrazole rings is 1. The summed E-state index contributed by atoms with van der Waals surface area (Å²) in [5.74, 6) is 1.25. The van der Waals surface area contributed by atoms with Gasteiger partial charge in [-0.15, -0.1) is 5.10 Å². The van der Waals surface area contributed by atoms with Crippen LogP contribution in [0.1, 0.15) is 31.1 Å². The molecule has 2 heterocycles. The van der Waals surface area contributed by atoms with E-state index in [4.69, 9.17) is 0 Å². The first kappa shape index (κ1) is 12.7. The van der Waals surface area contributed by atoms with E-state index in [1.54, 1.807) is 4.68 Å². The molecule has 0 aromatic carbocycles. The van der Waals surface area contributed by atoms with Crippen molar-refractivity contribution >= 4 is 5.91 Å². The van der Waals surface area contributed by atoms with Gasteiger partial charge in [0.25, 0.3) is 0 Å². The maximum Gasteiger partial charge on any atom is 0.222 e. The summed E-state index contributed by atoms with van der Waals surface area (Å²) in [6.07, 6.45) is 5.58. The van der Waals surface area contributed by atoms with Crippen LogP contribution < -0.4 is 5.32 Å². The molecule has 0 unspecified atom stereocenters. The van der Waals surface area contributed by atoms with Crippen LogP contribution in [0.15, 0.2) is 12.7 Å². The number of rotatable bonds is 6. The molecule has 2 aromatic heterocycles. The maximum atomic E-state index is 12.0. The van der Waals surface area contributed by atoms with E-state index in [0.29, 0.717) is 18.9 Å². The van der Waals surface area contributed by atoms with Crippen molar-refractivity contribution in [2.45, 2.75) is 31.8 Å². The number of hydrogen-bond donors (Lipinski definition) is 1. The molecular weight excluding hydrogens is 260 g/mol. The largest absolute Gasteiger partial charge is 0.346 e. The molecule has 0 spiro atoms. The van der Waals surface area contributed by atoms with Crippen LogP contribution in [0.4, 0.5) is 0 Å². The van der Waals surface area contributed by atoms with Crippen molar-refractivity contribution in [3.8, 4) is 0 Å². The molecule has 0 saturated heterocycles. The van der Waals surface area contributed by atoms with Gasteiger partial charge in [-0.1, -0.05) is 0 Å². The van der Waals surface area contributed by atoms with E-state index in [-0.39, 0.29) is 11.9 Å². The molecule has 20 heavy (non-hydrogen) atoms. The van der Waals surface area contributed by atoms with E-state index >= 15 is 0 Å². The van der Waals surface area contributed by atoms with Crippen LogP contribution in [0.3, 0.4) is 0 Å². The molecule has 1 N–H and O–H groups in total. The molecule has 1 aliphatic rings. The van der Waals surface area contributed by atoms with Crippen molar-refractivity contribution in [1.82, 2.24) is 40.3 Å². The van der Waals surface area contributed by atoms with Crippen molar-refractivity contribution in [2.24, 2.45) is 13.0 Å². The predicted molar refractivity (Wildman–Crippen MR) is 67.0 cm³/mol. The Hall–Kier alpha value is -2.32. The molecule has 0 bridgehead atoms. The summed E-state index contributed by atoms with van der Waals surface area (Å²) in [7, 11) is 1.84. The molecule has 1 atom stereocenters. The summed E-state index contributed by atoms with van der Waals surface area (Å²) in [4.78, 5) is 16.3. The Morgan fingerprint density at radius 2 is 2.40 bits per heavy atom. The monoisotopic (exact) mass is 276 g/mol. The lowest BCUT2D eigenvalue weighted by Crippen LogP contribution is -2.32. The third-order valence-electron chi connectivity index (χ3n) is 3.39. The number of carbonyl (C=O) groups excluding carboxylic acids is 1. The van der Waals surface area contributed by atoms with Crippen LogP contribution in [-0.2, 0) is 18.4 Å². The van der Waals surface area contributed by atoms with Crippen LogP contribution in [0.2, 0.25) is 0 Å². The Morgan fingerprint density at radius 3 is 3.00 bits per heavy atom. The second-order valence-corrected chi connectivity index (χ2v) is 4.95. The van der Waals surface area contributed by atoms with Crippen molar-refractivity contribution in [1.29, 1.82) is 0 Å². The number of hydrogen-bond acceptors (Lipinski definition) is 6. The number of aryl methyl sites for hydroxylation is 2. The van der Waals surface area contributed by atoms with Crippen molar-refractivity contribution in [3.05, 3.63) is 18.5 Å². The minimum absolute atomic E-state index is 0.0274. The van der Waals surface area contributed by atoms with Gasteiger partial charge >= 0.3 is 0 Å². The van der Waals surface area contributed by atoms with E-state index in [9.17, 15) is 4.79 Å². The lowest BCUT2D eigenvalue weighted by molar-refractivity contribution is -0.122. The topological polar surface area (TPSA) is 103 Å². The Bertz CT molecular complexity index is 573. The van der Waals surface area contributed by atoms with E-state index < -0.39 is 0 Å². The second kappa shape index (κ2) is 5.35. The highest BCUT2D eigenvalue weighted by molar-refractivity contribution is 5.76. The number of nitrogens with one attached hydrogen (secondary N) is 1. The third kappa shape index (κ3) is 2.81. The van der Waals surface area contributed by atoms with Gasteiger partial charge in [0.2, 0.25) is 5.91 Å². The number of aromatic nitrogens is 7. The zero-order valence-corrected chi connectivity index (χ0v) is 11.2. The highest BCUT2D eigenvalue weighted by Gasteiger charge is 2.35. The molecule has 1 amide bonds. The van der Waals surface area contributed by atoms with E-state index in [1.165, 1.54) is 17.3 Å². The molecule has 9 heteroatoms. The molecule has 3 rings (SSSR count). The fraction of sp³-hybridized carbons (Fsp3) is 0.636. The Morgan fingerprint density at radius 1 is 1.55 bits per heavy atom. The lowest BCUT2D eigenvalue weighted by atomic mass is 10.1. The summed E-state index contributed by atoms with van der Waals surface area (Å²) < 4.78 is 3.25. The van der Waals surface area contributed by atoms with E-state index in [1.807, 2.05) is 7.05 Å². The van der Waals surface area contributed by atoms with Crippen LogP contribution in [0, 0.1) is 5.92 Å². The zero-order chi connectivity index (χ0) is 13.9. The SMILES string of the molecule is Cn1ncnc1[C@@H](NC(=O)CCn1cnnn1)C1CC1. The van der Waals surface area contributed by atoms with Gasteiger partial charge in [0.1, 0.15) is 18.5 Å². The van der Waals surface area contributed by atoms with Crippen LogP contribution in [0.5, 0.6) is 0 Å². The van der Waals surface area contributed by atoms with Crippen LogP contribution in [-0.4, -0.2) is 40.9 Å². The van der Waals surface area contributed by atoms with Crippen molar-refractivity contribution in [2.75, 3.05) is 0 Å². The minimum atomic E-state index is -0.0520. The number of carbonyl (C=O) groups is 1. The first-order chi connectivity index (χ1) is 9.74. The van der Waals surface area contributed by atoms with Gasteiger partial charge in [0, 0.05) is 13.5 Å². The quantitative estimate of drug-likeness (QED) is 0.760. The van der Waals surface area contributed by atoms with Gasteiger partial charge in [0.15, 0.2) is 0 Å². The van der Waals surface area contributed by atoms with Gasteiger partial charge in [0.05, 0.1) is 12.6 Å². The maximum absolute atomic E-state index is 12.0. The average Bonchev–Trinajstić information content (AvgIpc) is 2.97. The molecule has 2 aromatic rings. The fourth-order valence-electron chi connectivity index (χ4n) is 2.15. The lowest BCUT2D eigenvalue weighted by Gasteiger charge is -2.17. The normalized spacial score (nSPS) is 16.1. The summed E-state index contributed by atoms with van der Waals surface area (Å²) in [6.45, 7) is 0.467. The fourth-order valence-corrected chi connectivity index (χ4v) is 2.15. The Kier molecular flexibility index (Phi) is 3.40. The van der Waals surface area contributed by atoms with Crippen LogP contribution in [0.25, 0.3) is 0 Å². The molecule has 1 aliphatic carbocycles. The Labute approximate surface area is 115 Å². The first-order valence-electron chi connectivity index (χ1n) is 6.58. The van der Waals surface area contributed by atoms with Crippen molar-refractivity contribution in [3.63, 3.8) is 0 Å². The van der Waals surface area contributed by atoms with Gasteiger partial charge in [-0.3, -0.25) is 9.48 Å². The summed E-state index contributed by atoms with van der Waals surface area (Å²) >= 11 is 0. The molecule has 1 saturated carbocycles. The molecule has 106 valence electrons. The van der Waals surface area contributed by atoms with E-state index in [0.717, 1.165) is 18.7 Å². The van der Waals surface area contributed by atoms with E-state index in [2.05, 4.69) is 30.9 Å². The van der Waals surface area contributed by atoms with Gasteiger partial charge in [-0.25, -0.2) is 9.67 Å². The second-order valence-electron chi connectivity index (χ2n) is 4.95. The average molecular weight is 276 g/mol. The molecule has 1 fully saturated rings. The van der Waals surface area contributed by atoms with Crippen molar-refractivity contribution < 1.29 is 4.79 Å². The highest BCUT2D eigenvalue weighted by atomic mass is 16.1. The predicted octanol–water partition coefficient (Wildman–Crippen LogP) is -0.541. The summed E-state index contributed by atoms with van der Waals surface area (Å²) in [5.41, 5.74) is 0.